The van der Waals surface area contributed by atoms with Crippen molar-refractivity contribution >= 4 is 0 Å². The predicted molar refractivity (Wildman–Crippen MR) is 44.8 cm³/mol. The molecule has 0 unspecified atom stereocenters. The molecule has 11 heavy (non-hydrogen) atoms. The molecule has 0 saturated carbocycles. The first-order chi connectivity index (χ1) is 5.43. The van der Waals surface area contributed by atoms with Crippen LogP contribution in [0.25, 0.3) is 0 Å². The number of nitrogens with zero attached hydrogens (tertiary/aromatic N) is 1. The molecular formula is C6H18N4O. The highest BCUT2D eigenvalue weighted by atomic mass is 16.3. The largest absolute Gasteiger partial charge is 0.395 e. The van der Waals surface area contributed by atoms with Crippen molar-refractivity contribution in [3.05, 3.63) is 0 Å². The van der Waals surface area contributed by atoms with Gasteiger partial charge in [0.05, 0.1) is 6.61 Å². The molecule has 1 saturated heterocycles. The van der Waals surface area contributed by atoms with Gasteiger partial charge < -0.3 is 10.4 Å². The highest BCUT2D eigenvalue weighted by Crippen LogP contribution is 1.88. The molecule has 1 heterocycles. The van der Waals surface area contributed by atoms with Gasteiger partial charge >= 0.3 is 0 Å². The molecule has 0 aromatic rings. The van der Waals surface area contributed by atoms with Crippen molar-refractivity contribution in [3.8, 4) is 0 Å². The molecule has 5 heteroatoms. The Labute approximate surface area is 67.3 Å². The van der Waals surface area contributed by atoms with Crippen molar-refractivity contribution in [3.63, 3.8) is 0 Å². The Morgan fingerprint density at radius 3 is 2.27 bits per heavy atom. The maximum absolute atomic E-state index is 8.56. The third-order valence-corrected chi connectivity index (χ3v) is 1.63. The average molecular weight is 162 g/mol. The lowest BCUT2D eigenvalue weighted by atomic mass is 10.4. The second-order valence-electron chi connectivity index (χ2n) is 2.32. The summed E-state index contributed by atoms with van der Waals surface area (Å²) < 4.78 is 0. The molecule has 1 fully saturated rings. The van der Waals surface area contributed by atoms with E-state index < -0.39 is 0 Å². The van der Waals surface area contributed by atoms with Gasteiger partial charge in [-0.2, -0.15) is 0 Å². The Bertz CT molecular complexity index is 72.2. The molecule has 0 radical (unpaired) electrons. The molecule has 0 bridgehead atoms. The molecule has 1 aliphatic rings. The Hall–Kier alpha value is -0.200. The van der Waals surface area contributed by atoms with Gasteiger partial charge in [-0.05, 0) is 0 Å². The lowest BCUT2D eigenvalue weighted by Gasteiger charge is -2.25. The zero-order valence-electron chi connectivity index (χ0n) is 6.79. The van der Waals surface area contributed by atoms with E-state index in [1.54, 1.807) is 0 Å². The maximum atomic E-state index is 8.56. The van der Waals surface area contributed by atoms with E-state index in [1.807, 2.05) is 0 Å². The number of β-amino-alcohol motifs (C(OH)–C–C–N with tert-alkyl or cyclic N) is 1. The molecule has 0 aromatic heterocycles. The summed E-state index contributed by atoms with van der Waals surface area (Å²) in [6, 6.07) is 0. The number of hydrazine groups is 1. The van der Waals surface area contributed by atoms with Crippen molar-refractivity contribution < 1.29 is 5.11 Å². The summed E-state index contributed by atoms with van der Waals surface area (Å²) in [5.41, 5.74) is 0. The molecule has 5 nitrogen and oxygen atoms in total. The minimum Gasteiger partial charge on any atom is -0.395 e. The topological polar surface area (TPSA) is 87.5 Å². The second-order valence-corrected chi connectivity index (χ2v) is 2.32. The van der Waals surface area contributed by atoms with Crippen molar-refractivity contribution in [1.29, 1.82) is 0 Å². The predicted octanol–water partition coefficient (Wildman–Crippen LogP) is -2.30. The first-order valence-corrected chi connectivity index (χ1v) is 3.81. The van der Waals surface area contributed by atoms with Crippen molar-refractivity contribution in [2.24, 2.45) is 11.7 Å². The molecule has 0 amide bonds. The van der Waals surface area contributed by atoms with E-state index in [-0.39, 0.29) is 0 Å². The molecule has 0 atom stereocenters. The monoisotopic (exact) mass is 162 g/mol. The van der Waals surface area contributed by atoms with Gasteiger partial charge in [-0.15, -0.1) is 0 Å². The van der Waals surface area contributed by atoms with Gasteiger partial charge in [0.1, 0.15) is 0 Å². The van der Waals surface area contributed by atoms with Crippen LogP contribution in [0.15, 0.2) is 0 Å². The summed E-state index contributed by atoms with van der Waals surface area (Å²) in [6.45, 7) is 5.43. The van der Waals surface area contributed by atoms with Crippen LogP contribution in [-0.4, -0.2) is 49.3 Å². The number of nitrogens with one attached hydrogen (secondary N) is 1. The van der Waals surface area contributed by atoms with Crippen LogP contribution >= 0.6 is 0 Å². The normalized spacial score (nSPS) is 18.8. The van der Waals surface area contributed by atoms with E-state index in [0.29, 0.717) is 6.61 Å². The zero-order valence-corrected chi connectivity index (χ0v) is 6.79. The van der Waals surface area contributed by atoms with Gasteiger partial charge in [-0.25, -0.2) is 0 Å². The van der Waals surface area contributed by atoms with Crippen molar-refractivity contribution in [2.75, 3.05) is 39.3 Å². The van der Waals surface area contributed by atoms with Crippen LogP contribution in [0.3, 0.4) is 0 Å². The van der Waals surface area contributed by atoms with Crippen LogP contribution in [0.4, 0.5) is 0 Å². The quantitative estimate of drug-likeness (QED) is 0.271. The smallest absolute Gasteiger partial charge is 0.0558 e. The number of nitrogens with two attached hydrogens (primary N) is 2. The summed E-state index contributed by atoms with van der Waals surface area (Å²) >= 11 is 0. The van der Waals surface area contributed by atoms with Crippen LogP contribution in [0.2, 0.25) is 0 Å². The van der Waals surface area contributed by atoms with Gasteiger partial charge in [-0.1, -0.05) is 0 Å². The number of aliphatic hydroxyl groups is 1. The fourth-order valence-electron chi connectivity index (χ4n) is 1.08. The molecule has 1 rings (SSSR count). The standard InChI is InChI=1S/C6H14N2O.H4N2/c9-6-5-8-3-1-7-2-4-8;1-2/h7,9H,1-6H2;1-2H2. The van der Waals surface area contributed by atoms with Crippen LogP contribution in [-0.2, 0) is 0 Å². The number of hydrogen-bond donors (Lipinski definition) is 4. The summed E-state index contributed by atoms with van der Waals surface area (Å²) in [6.07, 6.45) is 0. The van der Waals surface area contributed by atoms with Crippen LogP contribution in [0.1, 0.15) is 0 Å². The minimum absolute atomic E-state index is 0.292. The summed E-state index contributed by atoms with van der Waals surface area (Å²) in [7, 11) is 0. The Morgan fingerprint density at radius 2 is 1.82 bits per heavy atom. The summed E-state index contributed by atoms with van der Waals surface area (Å²) in [5, 5.41) is 11.8. The van der Waals surface area contributed by atoms with Crippen LogP contribution in [0.5, 0.6) is 0 Å². The number of aliphatic hydroxyl groups excluding tert-OH is 1. The lowest BCUT2D eigenvalue weighted by molar-refractivity contribution is 0.180. The first kappa shape index (κ1) is 10.8. The molecule has 6 N–H and O–H groups in total. The molecule has 0 spiro atoms. The summed E-state index contributed by atoms with van der Waals surface area (Å²) in [4.78, 5) is 2.26. The maximum Gasteiger partial charge on any atom is 0.0558 e. The number of rotatable bonds is 2. The average Bonchev–Trinajstić information content (AvgIpc) is 2.11. The number of piperazine rings is 1. The minimum atomic E-state index is 0.292. The first-order valence-electron chi connectivity index (χ1n) is 3.81. The van der Waals surface area contributed by atoms with E-state index in [9.17, 15) is 0 Å². The van der Waals surface area contributed by atoms with Gasteiger partial charge in [0.15, 0.2) is 0 Å². The SMILES string of the molecule is NN.OCCN1CCNCC1. The highest BCUT2D eigenvalue weighted by molar-refractivity contribution is 4.66. The second kappa shape index (κ2) is 7.90. The van der Waals surface area contributed by atoms with Crippen molar-refractivity contribution in [2.45, 2.75) is 0 Å². The Balaban J connectivity index is 0.000000461. The highest BCUT2D eigenvalue weighted by Gasteiger charge is 2.06. The van der Waals surface area contributed by atoms with Crippen molar-refractivity contribution in [1.82, 2.24) is 10.2 Å². The van der Waals surface area contributed by atoms with Gasteiger partial charge in [0.25, 0.3) is 0 Å². The van der Waals surface area contributed by atoms with Crippen LogP contribution in [0, 0.1) is 0 Å². The van der Waals surface area contributed by atoms with E-state index in [1.165, 1.54) is 0 Å². The van der Waals surface area contributed by atoms with E-state index in [2.05, 4.69) is 21.9 Å². The molecule has 0 aromatic carbocycles. The molecule has 68 valence electrons. The fraction of sp³-hybridized carbons (Fsp3) is 1.00. The van der Waals surface area contributed by atoms with Gasteiger partial charge in [-0.3, -0.25) is 16.6 Å². The zero-order chi connectivity index (χ0) is 8.53. The Morgan fingerprint density at radius 1 is 1.27 bits per heavy atom. The third kappa shape index (κ3) is 5.11. The van der Waals surface area contributed by atoms with Crippen LogP contribution < -0.4 is 17.0 Å². The van der Waals surface area contributed by atoms with E-state index in [0.717, 1.165) is 32.7 Å². The molecule has 0 aliphatic carbocycles. The van der Waals surface area contributed by atoms with E-state index >= 15 is 0 Å². The summed E-state index contributed by atoms with van der Waals surface area (Å²) in [5.74, 6) is 8.00. The van der Waals surface area contributed by atoms with Gasteiger partial charge in [0, 0.05) is 32.7 Å². The third-order valence-electron chi connectivity index (χ3n) is 1.63. The molecule has 1 aliphatic heterocycles. The van der Waals surface area contributed by atoms with E-state index in [4.69, 9.17) is 5.11 Å². The molecular weight excluding hydrogens is 144 g/mol. The lowest BCUT2D eigenvalue weighted by Crippen LogP contribution is -2.44. The fourth-order valence-corrected chi connectivity index (χ4v) is 1.08. The number of hydrogen-bond acceptors (Lipinski definition) is 5. The Kier molecular flexibility index (Phi) is 7.76. The van der Waals surface area contributed by atoms with Gasteiger partial charge in [0.2, 0.25) is 0 Å².